The van der Waals surface area contributed by atoms with Gasteiger partial charge in [-0.05, 0) is 17.7 Å². The Morgan fingerprint density at radius 1 is 1.09 bits per heavy atom. The van der Waals surface area contributed by atoms with Crippen LogP contribution in [0.15, 0.2) is 60.1 Å². The molecule has 110 valence electrons. The van der Waals surface area contributed by atoms with Crippen LogP contribution in [0.2, 0.25) is 0 Å². The predicted molar refractivity (Wildman–Crippen MR) is 87.3 cm³/mol. The van der Waals surface area contributed by atoms with Gasteiger partial charge in [-0.25, -0.2) is 4.98 Å². The molecule has 0 unspecified atom stereocenters. The Morgan fingerprint density at radius 3 is 2.68 bits per heavy atom. The summed E-state index contributed by atoms with van der Waals surface area (Å²) in [4.78, 5) is 20.7. The van der Waals surface area contributed by atoms with Gasteiger partial charge in [-0.15, -0.1) is 11.3 Å². The Labute approximate surface area is 132 Å². The highest BCUT2D eigenvalue weighted by Gasteiger charge is 2.09. The van der Waals surface area contributed by atoms with Crippen LogP contribution in [0, 0.1) is 0 Å². The van der Waals surface area contributed by atoms with E-state index in [1.54, 1.807) is 6.20 Å². The molecule has 0 saturated heterocycles. The lowest BCUT2D eigenvalue weighted by Gasteiger charge is -2.03. The first-order valence-corrected chi connectivity index (χ1v) is 7.85. The number of rotatable bonds is 5. The van der Waals surface area contributed by atoms with Gasteiger partial charge in [0, 0.05) is 18.1 Å². The monoisotopic (exact) mass is 309 g/mol. The lowest BCUT2D eigenvalue weighted by molar-refractivity contribution is -0.120. The topological polar surface area (TPSA) is 54.9 Å². The normalized spacial score (nSPS) is 10.4. The van der Waals surface area contributed by atoms with E-state index in [0.717, 1.165) is 22.0 Å². The second-order valence-electron chi connectivity index (χ2n) is 4.80. The second-order valence-corrected chi connectivity index (χ2v) is 5.66. The van der Waals surface area contributed by atoms with Crippen molar-refractivity contribution in [3.63, 3.8) is 0 Å². The number of carbonyl (C=O) groups excluding carboxylic acids is 1. The Morgan fingerprint density at radius 2 is 1.91 bits per heavy atom. The summed E-state index contributed by atoms with van der Waals surface area (Å²) in [5.74, 6) is -0.0262. The SMILES string of the molecule is O=C(Cc1csc(-c2ccccn2)n1)NCc1ccccc1. The zero-order valence-electron chi connectivity index (χ0n) is 11.9. The van der Waals surface area contributed by atoms with Gasteiger partial charge in [0.15, 0.2) is 0 Å². The molecule has 1 amide bonds. The van der Waals surface area contributed by atoms with Crippen LogP contribution in [0.3, 0.4) is 0 Å². The molecule has 0 atom stereocenters. The third-order valence-corrected chi connectivity index (χ3v) is 4.02. The average Bonchev–Trinajstić information content (AvgIpc) is 3.03. The van der Waals surface area contributed by atoms with Crippen LogP contribution in [0.4, 0.5) is 0 Å². The fraction of sp³-hybridized carbons (Fsp3) is 0.118. The van der Waals surface area contributed by atoms with Gasteiger partial charge >= 0.3 is 0 Å². The first kappa shape index (κ1) is 14.4. The molecular formula is C17H15N3OS. The molecule has 4 nitrogen and oxygen atoms in total. The second kappa shape index (κ2) is 6.95. The maximum atomic E-state index is 12.0. The van der Waals surface area contributed by atoms with Gasteiger partial charge in [0.1, 0.15) is 5.01 Å². The summed E-state index contributed by atoms with van der Waals surface area (Å²) in [5, 5.41) is 5.65. The number of thiazole rings is 1. The molecule has 0 aliphatic carbocycles. The van der Waals surface area contributed by atoms with Gasteiger partial charge in [-0.3, -0.25) is 9.78 Å². The molecule has 0 saturated carbocycles. The lowest BCUT2D eigenvalue weighted by Crippen LogP contribution is -2.24. The first-order chi connectivity index (χ1) is 10.8. The van der Waals surface area contributed by atoms with Crippen LogP contribution < -0.4 is 5.32 Å². The summed E-state index contributed by atoms with van der Waals surface area (Å²) in [6.45, 7) is 0.539. The average molecular weight is 309 g/mol. The van der Waals surface area contributed by atoms with Crippen LogP contribution in [-0.2, 0) is 17.8 Å². The van der Waals surface area contributed by atoms with E-state index in [-0.39, 0.29) is 12.3 Å². The van der Waals surface area contributed by atoms with Crippen molar-refractivity contribution in [2.75, 3.05) is 0 Å². The van der Waals surface area contributed by atoms with E-state index >= 15 is 0 Å². The quantitative estimate of drug-likeness (QED) is 0.788. The maximum absolute atomic E-state index is 12.0. The lowest BCUT2D eigenvalue weighted by atomic mass is 10.2. The predicted octanol–water partition coefficient (Wildman–Crippen LogP) is 3.06. The largest absolute Gasteiger partial charge is 0.352 e. The van der Waals surface area contributed by atoms with Gasteiger partial charge in [0.2, 0.25) is 5.91 Å². The van der Waals surface area contributed by atoms with Crippen LogP contribution in [0.5, 0.6) is 0 Å². The molecule has 3 rings (SSSR count). The van der Waals surface area contributed by atoms with Gasteiger partial charge in [-0.2, -0.15) is 0 Å². The highest BCUT2D eigenvalue weighted by molar-refractivity contribution is 7.13. The molecule has 0 aliphatic heterocycles. The number of aromatic nitrogens is 2. The van der Waals surface area contributed by atoms with Gasteiger partial charge in [0.25, 0.3) is 0 Å². The fourth-order valence-electron chi connectivity index (χ4n) is 2.02. The van der Waals surface area contributed by atoms with E-state index < -0.39 is 0 Å². The Hall–Kier alpha value is -2.53. The molecule has 0 aliphatic rings. The standard InChI is InChI=1S/C17H15N3OS/c21-16(19-11-13-6-2-1-3-7-13)10-14-12-22-17(20-14)15-8-4-5-9-18-15/h1-9,12H,10-11H2,(H,19,21). The number of nitrogens with one attached hydrogen (secondary N) is 1. The Bertz CT molecular complexity index is 741. The van der Waals surface area contributed by atoms with Crippen molar-refractivity contribution in [1.82, 2.24) is 15.3 Å². The van der Waals surface area contributed by atoms with Crippen molar-refractivity contribution in [3.05, 3.63) is 71.4 Å². The van der Waals surface area contributed by atoms with Gasteiger partial charge < -0.3 is 5.32 Å². The number of pyridine rings is 1. The van der Waals surface area contributed by atoms with E-state index in [0.29, 0.717) is 6.54 Å². The van der Waals surface area contributed by atoms with Crippen LogP contribution >= 0.6 is 11.3 Å². The van der Waals surface area contributed by atoms with Crippen molar-refractivity contribution >= 4 is 17.2 Å². The highest BCUT2D eigenvalue weighted by atomic mass is 32.1. The summed E-state index contributed by atoms with van der Waals surface area (Å²) in [6, 6.07) is 15.6. The van der Waals surface area contributed by atoms with Crippen LogP contribution in [0.25, 0.3) is 10.7 Å². The minimum Gasteiger partial charge on any atom is -0.352 e. The zero-order chi connectivity index (χ0) is 15.2. The van der Waals surface area contributed by atoms with Crippen molar-refractivity contribution < 1.29 is 4.79 Å². The summed E-state index contributed by atoms with van der Waals surface area (Å²) < 4.78 is 0. The third-order valence-electron chi connectivity index (χ3n) is 3.11. The first-order valence-electron chi connectivity index (χ1n) is 6.98. The molecule has 22 heavy (non-hydrogen) atoms. The minimum absolute atomic E-state index is 0.0262. The van der Waals surface area contributed by atoms with E-state index in [2.05, 4.69) is 15.3 Å². The third kappa shape index (κ3) is 3.77. The number of nitrogens with zero attached hydrogens (tertiary/aromatic N) is 2. The van der Waals surface area contributed by atoms with Crippen molar-refractivity contribution in [1.29, 1.82) is 0 Å². The molecule has 0 spiro atoms. The van der Waals surface area contributed by atoms with Crippen molar-refractivity contribution in [2.45, 2.75) is 13.0 Å². The summed E-state index contributed by atoms with van der Waals surface area (Å²) in [7, 11) is 0. The molecule has 0 bridgehead atoms. The van der Waals surface area contributed by atoms with Crippen LogP contribution in [-0.4, -0.2) is 15.9 Å². The number of carbonyl (C=O) groups is 1. The van der Waals surface area contributed by atoms with E-state index in [4.69, 9.17) is 0 Å². The molecule has 1 aromatic carbocycles. The molecule has 2 heterocycles. The van der Waals surface area contributed by atoms with Crippen LogP contribution in [0.1, 0.15) is 11.3 Å². The number of amides is 1. The van der Waals surface area contributed by atoms with Crippen molar-refractivity contribution in [2.24, 2.45) is 0 Å². The Balaban J connectivity index is 1.57. The Kier molecular flexibility index (Phi) is 4.56. The fourth-order valence-corrected chi connectivity index (χ4v) is 2.81. The molecule has 0 radical (unpaired) electrons. The number of hydrogen-bond donors (Lipinski definition) is 1. The summed E-state index contributed by atoms with van der Waals surface area (Å²) in [5.41, 5.74) is 2.70. The summed E-state index contributed by atoms with van der Waals surface area (Å²) in [6.07, 6.45) is 2.03. The number of benzene rings is 1. The molecule has 2 aromatic heterocycles. The summed E-state index contributed by atoms with van der Waals surface area (Å²) >= 11 is 1.51. The molecular weight excluding hydrogens is 294 g/mol. The van der Waals surface area contributed by atoms with Crippen molar-refractivity contribution in [3.8, 4) is 10.7 Å². The van der Waals surface area contributed by atoms with Gasteiger partial charge in [0.05, 0.1) is 17.8 Å². The number of hydrogen-bond acceptors (Lipinski definition) is 4. The molecule has 3 aromatic rings. The molecule has 1 N–H and O–H groups in total. The molecule has 5 heteroatoms. The molecule has 0 fully saturated rings. The van der Waals surface area contributed by atoms with E-state index in [1.165, 1.54) is 11.3 Å². The van der Waals surface area contributed by atoms with E-state index in [1.807, 2.05) is 53.9 Å². The zero-order valence-corrected chi connectivity index (χ0v) is 12.7. The highest BCUT2D eigenvalue weighted by Crippen LogP contribution is 2.21. The van der Waals surface area contributed by atoms with Gasteiger partial charge in [-0.1, -0.05) is 36.4 Å². The smallest absolute Gasteiger partial charge is 0.226 e. The maximum Gasteiger partial charge on any atom is 0.226 e. The van der Waals surface area contributed by atoms with E-state index in [9.17, 15) is 4.79 Å². The minimum atomic E-state index is -0.0262.